The predicted octanol–water partition coefficient (Wildman–Crippen LogP) is 4.52. The Bertz CT molecular complexity index is 481. The average molecular weight is 271 g/mol. The van der Waals surface area contributed by atoms with Gasteiger partial charge in [0.2, 0.25) is 0 Å². The van der Waals surface area contributed by atoms with E-state index in [1.807, 2.05) is 0 Å². The number of hydrogen-bond donors (Lipinski definition) is 0. The van der Waals surface area contributed by atoms with E-state index in [-0.39, 0.29) is 0 Å². The zero-order valence-corrected chi connectivity index (χ0v) is 12.1. The zero-order valence-electron chi connectivity index (χ0n) is 11.3. The molecule has 2 fully saturated rings. The molecular formula is C17H21NS. The van der Waals surface area contributed by atoms with Crippen LogP contribution in [-0.4, -0.2) is 16.3 Å². The van der Waals surface area contributed by atoms with Gasteiger partial charge >= 0.3 is 0 Å². The summed E-state index contributed by atoms with van der Waals surface area (Å²) < 4.78 is 0. The van der Waals surface area contributed by atoms with Crippen LogP contribution in [-0.2, 0) is 0 Å². The van der Waals surface area contributed by atoms with Gasteiger partial charge in [-0.1, -0.05) is 56.0 Å². The molecule has 3 aliphatic rings. The Kier molecular flexibility index (Phi) is 3.14. The van der Waals surface area contributed by atoms with Gasteiger partial charge in [0.05, 0.1) is 11.1 Å². The molecule has 0 N–H and O–H groups in total. The molecule has 1 heterocycles. The Morgan fingerprint density at radius 2 is 1.68 bits per heavy atom. The average Bonchev–Trinajstić information content (AvgIpc) is 2.88. The molecule has 1 aromatic rings. The molecule has 0 aromatic heterocycles. The summed E-state index contributed by atoms with van der Waals surface area (Å²) in [5, 5.41) is 2.07. The van der Waals surface area contributed by atoms with E-state index in [2.05, 4.69) is 42.1 Å². The molecule has 1 aromatic carbocycles. The standard InChI is InChI=1S/C17H21NS/c1-2-6-12(7-3-1)17-18-15-10-13-8-4-5-9-14(13)11-16(15)19-17/h1-3,6-7,13-16H,4-5,8-11H2. The van der Waals surface area contributed by atoms with Crippen molar-refractivity contribution in [3.8, 4) is 0 Å². The molecule has 0 amide bonds. The summed E-state index contributed by atoms with van der Waals surface area (Å²) in [5.74, 6) is 1.99. The van der Waals surface area contributed by atoms with Crippen molar-refractivity contribution in [2.75, 3.05) is 0 Å². The normalized spacial score (nSPS) is 37.4. The lowest BCUT2D eigenvalue weighted by atomic mass is 9.69. The van der Waals surface area contributed by atoms with Gasteiger partial charge in [0.15, 0.2) is 0 Å². The summed E-state index contributed by atoms with van der Waals surface area (Å²) in [6.45, 7) is 0. The third kappa shape index (κ3) is 2.24. The van der Waals surface area contributed by atoms with E-state index in [1.165, 1.54) is 49.1 Å². The lowest BCUT2D eigenvalue weighted by Gasteiger charge is -2.40. The number of nitrogens with zero attached hydrogens (tertiary/aromatic N) is 1. The Morgan fingerprint density at radius 1 is 0.947 bits per heavy atom. The van der Waals surface area contributed by atoms with Gasteiger partial charge in [-0.15, -0.1) is 11.8 Å². The monoisotopic (exact) mass is 271 g/mol. The van der Waals surface area contributed by atoms with Crippen molar-refractivity contribution in [3.05, 3.63) is 35.9 Å². The van der Waals surface area contributed by atoms with E-state index in [0.717, 1.165) is 17.1 Å². The minimum Gasteiger partial charge on any atom is -0.273 e. The van der Waals surface area contributed by atoms with Crippen LogP contribution in [0.4, 0.5) is 0 Å². The fourth-order valence-corrected chi connectivity index (χ4v) is 5.56. The van der Waals surface area contributed by atoms with E-state index in [0.29, 0.717) is 6.04 Å². The second kappa shape index (κ2) is 4.97. The molecule has 4 unspecified atom stereocenters. The molecule has 19 heavy (non-hydrogen) atoms. The summed E-state index contributed by atoms with van der Waals surface area (Å²) in [6.07, 6.45) is 8.65. The van der Waals surface area contributed by atoms with Crippen molar-refractivity contribution in [3.63, 3.8) is 0 Å². The Balaban J connectivity index is 1.54. The quantitative estimate of drug-likeness (QED) is 0.731. The summed E-state index contributed by atoms with van der Waals surface area (Å²) >= 11 is 2.05. The summed E-state index contributed by atoms with van der Waals surface area (Å²) in [6, 6.07) is 11.4. The first-order valence-electron chi connectivity index (χ1n) is 7.70. The molecule has 2 aliphatic carbocycles. The summed E-state index contributed by atoms with van der Waals surface area (Å²) in [5.41, 5.74) is 1.32. The van der Waals surface area contributed by atoms with E-state index in [9.17, 15) is 0 Å². The fourth-order valence-electron chi connectivity index (χ4n) is 4.13. The number of benzene rings is 1. The maximum absolute atomic E-state index is 5.05. The van der Waals surface area contributed by atoms with Crippen molar-refractivity contribution in [2.45, 2.75) is 49.8 Å². The second-order valence-corrected chi connectivity index (χ2v) is 7.53. The van der Waals surface area contributed by atoms with Crippen molar-refractivity contribution in [2.24, 2.45) is 16.8 Å². The Morgan fingerprint density at radius 3 is 2.47 bits per heavy atom. The van der Waals surface area contributed by atoms with Crippen LogP contribution in [0, 0.1) is 11.8 Å². The van der Waals surface area contributed by atoms with Gasteiger partial charge in [-0.25, -0.2) is 0 Å². The highest BCUT2D eigenvalue weighted by molar-refractivity contribution is 8.15. The topological polar surface area (TPSA) is 12.4 Å². The smallest absolute Gasteiger partial charge is 0.0984 e. The van der Waals surface area contributed by atoms with E-state index >= 15 is 0 Å². The highest BCUT2D eigenvalue weighted by Crippen LogP contribution is 2.48. The zero-order chi connectivity index (χ0) is 12.7. The van der Waals surface area contributed by atoms with Crippen molar-refractivity contribution in [1.29, 1.82) is 0 Å². The van der Waals surface area contributed by atoms with E-state index < -0.39 is 0 Å². The largest absolute Gasteiger partial charge is 0.273 e. The predicted molar refractivity (Wildman–Crippen MR) is 82.8 cm³/mol. The first-order valence-corrected chi connectivity index (χ1v) is 8.58. The van der Waals surface area contributed by atoms with Crippen LogP contribution < -0.4 is 0 Å². The van der Waals surface area contributed by atoms with Crippen LogP contribution >= 0.6 is 11.8 Å². The SMILES string of the molecule is c1ccc(C2=NC3CC4CCCCC4CC3S2)cc1. The van der Waals surface area contributed by atoms with Crippen LogP contribution in [0.15, 0.2) is 35.3 Å². The minimum atomic E-state index is 0.611. The van der Waals surface area contributed by atoms with Crippen LogP contribution in [0.5, 0.6) is 0 Å². The van der Waals surface area contributed by atoms with Crippen LogP contribution in [0.2, 0.25) is 0 Å². The lowest BCUT2D eigenvalue weighted by molar-refractivity contribution is 0.163. The number of hydrogen-bond acceptors (Lipinski definition) is 2. The van der Waals surface area contributed by atoms with Crippen LogP contribution in [0.3, 0.4) is 0 Å². The number of aliphatic imine (C=N–C) groups is 1. The van der Waals surface area contributed by atoms with E-state index in [1.54, 1.807) is 0 Å². The van der Waals surface area contributed by atoms with Crippen LogP contribution in [0.1, 0.15) is 44.1 Å². The number of thioether (sulfide) groups is 1. The Labute approximate surface area is 119 Å². The molecule has 4 rings (SSSR count). The summed E-state index contributed by atoms with van der Waals surface area (Å²) in [7, 11) is 0. The highest BCUT2D eigenvalue weighted by atomic mass is 32.2. The molecule has 100 valence electrons. The summed E-state index contributed by atoms with van der Waals surface area (Å²) in [4.78, 5) is 5.05. The maximum atomic E-state index is 5.05. The van der Waals surface area contributed by atoms with Gasteiger partial charge in [0.1, 0.15) is 0 Å². The first-order chi connectivity index (χ1) is 9.40. The second-order valence-electron chi connectivity index (χ2n) is 6.30. The molecule has 1 nitrogen and oxygen atoms in total. The maximum Gasteiger partial charge on any atom is 0.0984 e. The molecule has 1 aliphatic heterocycles. The van der Waals surface area contributed by atoms with Gasteiger partial charge in [-0.3, -0.25) is 4.99 Å². The molecular weight excluding hydrogens is 250 g/mol. The van der Waals surface area contributed by atoms with Gasteiger partial charge in [0.25, 0.3) is 0 Å². The molecule has 2 saturated carbocycles. The third-order valence-electron chi connectivity index (χ3n) is 5.14. The van der Waals surface area contributed by atoms with Gasteiger partial charge in [0, 0.05) is 10.8 Å². The van der Waals surface area contributed by atoms with Gasteiger partial charge < -0.3 is 0 Å². The number of rotatable bonds is 1. The molecule has 4 atom stereocenters. The Hall–Kier alpha value is -0.760. The van der Waals surface area contributed by atoms with E-state index in [4.69, 9.17) is 4.99 Å². The van der Waals surface area contributed by atoms with Gasteiger partial charge in [-0.05, 0) is 24.7 Å². The van der Waals surface area contributed by atoms with Crippen LogP contribution in [0.25, 0.3) is 0 Å². The third-order valence-corrected chi connectivity index (χ3v) is 6.52. The molecule has 0 bridgehead atoms. The van der Waals surface area contributed by atoms with Gasteiger partial charge in [-0.2, -0.15) is 0 Å². The van der Waals surface area contributed by atoms with Crippen molar-refractivity contribution in [1.82, 2.24) is 0 Å². The first kappa shape index (κ1) is 12.0. The van der Waals surface area contributed by atoms with Crippen molar-refractivity contribution < 1.29 is 0 Å². The van der Waals surface area contributed by atoms with Crippen molar-refractivity contribution >= 4 is 16.8 Å². The number of fused-ring (bicyclic) bond motifs is 2. The fraction of sp³-hybridized carbons (Fsp3) is 0.588. The molecule has 0 saturated heterocycles. The minimum absolute atomic E-state index is 0.611. The molecule has 2 heteroatoms. The molecule has 0 spiro atoms. The molecule has 0 radical (unpaired) electrons. The highest BCUT2D eigenvalue weighted by Gasteiger charge is 2.41. The lowest BCUT2D eigenvalue weighted by Crippen LogP contribution is -2.36.